The number of rotatable bonds is 2. The van der Waals surface area contributed by atoms with Gasteiger partial charge in [0.25, 0.3) is 0 Å². The van der Waals surface area contributed by atoms with E-state index < -0.39 is 0 Å². The lowest BCUT2D eigenvalue weighted by molar-refractivity contribution is 0.238. The van der Waals surface area contributed by atoms with Crippen LogP contribution in [0.3, 0.4) is 0 Å². The van der Waals surface area contributed by atoms with Crippen LogP contribution in [0.25, 0.3) is 0 Å². The predicted molar refractivity (Wildman–Crippen MR) is 61.5 cm³/mol. The summed E-state index contributed by atoms with van der Waals surface area (Å²) in [4.78, 5) is 2.33. The molecule has 1 unspecified atom stereocenters. The standard InChI is InChI=1S/C11H14BrNO/c12-10-2-1-3-11(6-10)13-5-4-9(7-13)8-14/h1-3,6,9,14H,4-5,7-8H2. The molecule has 0 amide bonds. The normalized spacial score (nSPS) is 21.6. The molecule has 14 heavy (non-hydrogen) atoms. The molecule has 1 fully saturated rings. The number of benzene rings is 1. The largest absolute Gasteiger partial charge is 0.396 e. The lowest BCUT2D eigenvalue weighted by Crippen LogP contribution is -2.20. The average Bonchev–Trinajstić information content (AvgIpc) is 2.66. The van der Waals surface area contributed by atoms with Crippen molar-refractivity contribution >= 4 is 21.6 Å². The summed E-state index contributed by atoms with van der Waals surface area (Å²) in [5.74, 6) is 0.453. The van der Waals surface area contributed by atoms with Gasteiger partial charge < -0.3 is 10.0 Å². The van der Waals surface area contributed by atoms with Crippen LogP contribution in [-0.2, 0) is 0 Å². The van der Waals surface area contributed by atoms with E-state index in [1.165, 1.54) is 5.69 Å². The van der Waals surface area contributed by atoms with Crippen molar-refractivity contribution in [3.05, 3.63) is 28.7 Å². The number of aliphatic hydroxyl groups is 1. The number of aliphatic hydroxyl groups excluding tert-OH is 1. The Balaban J connectivity index is 2.09. The molecule has 1 heterocycles. The Bertz CT molecular complexity index is 316. The van der Waals surface area contributed by atoms with Gasteiger partial charge in [-0.25, -0.2) is 0 Å². The molecule has 0 aromatic heterocycles. The molecule has 0 saturated carbocycles. The summed E-state index contributed by atoms with van der Waals surface area (Å²) in [6, 6.07) is 8.32. The van der Waals surface area contributed by atoms with Crippen LogP contribution >= 0.6 is 15.9 Å². The summed E-state index contributed by atoms with van der Waals surface area (Å²) < 4.78 is 1.11. The monoisotopic (exact) mass is 255 g/mol. The van der Waals surface area contributed by atoms with E-state index in [-0.39, 0.29) is 0 Å². The minimum Gasteiger partial charge on any atom is -0.396 e. The fourth-order valence-electron chi connectivity index (χ4n) is 1.89. The van der Waals surface area contributed by atoms with Gasteiger partial charge in [0, 0.05) is 35.8 Å². The Morgan fingerprint density at radius 2 is 2.36 bits per heavy atom. The van der Waals surface area contributed by atoms with Crippen LogP contribution in [0.1, 0.15) is 6.42 Å². The van der Waals surface area contributed by atoms with Crippen LogP contribution in [0.2, 0.25) is 0 Å². The van der Waals surface area contributed by atoms with E-state index in [0.717, 1.165) is 24.0 Å². The summed E-state index contributed by atoms with van der Waals surface area (Å²) in [5.41, 5.74) is 1.25. The summed E-state index contributed by atoms with van der Waals surface area (Å²) in [5, 5.41) is 9.05. The first-order chi connectivity index (χ1) is 6.79. The summed E-state index contributed by atoms with van der Waals surface area (Å²) in [6.07, 6.45) is 1.10. The van der Waals surface area contributed by atoms with Gasteiger partial charge >= 0.3 is 0 Å². The SMILES string of the molecule is OCC1CCN(c2cccc(Br)c2)C1. The Labute approximate surface area is 92.7 Å². The molecule has 0 radical (unpaired) electrons. The van der Waals surface area contributed by atoms with Crippen molar-refractivity contribution in [2.75, 3.05) is 24.6 Å². The molecule has 0 bridgehead atoms. The van der Waals surface area contributed by atoms with Crippen LogP contribution in [0.15, 0.2) is 28.7 Å². The molecule has 1 aromatic carbocycles. The van der Waals surface area contributed by atoms with Gasteiger partial charge in [0.2, 0.25) is 0 Å². The highest BCUT2D eigenvalue weighted by atomic mass is 79.9. The Kier molecular flexibility index (Phi) is 3.08. The Morgan fingerprint density at radius 3 is 3.00 bits per heavy atom. The maximum absolute atomic E-state index is 9.05. The molecule has 1 atom stereocenters. The van der Waals surface area contributed by atoms with Crippen LogP contribution in [-0.4, -0.2) is 24.8 Å². The van der Waals surface area contributed by atoms with E-state index in [1.807, 2.05) is 12.1 Å². The first kappa shape index (κ1) is 9.99. The minimum absolute atomic E-state index is 0.310. The van der Waals surface area contributed by atoms with Crippen molar-refractivity contribution < 1.29 is 5.11 Å². The van der Waals surface area contributed by atoms with Gasteiger partial charge in [-0.15, -0.1) is 0 Å². The van der Waals surface area contributed by atoms with Crippen LogP contribution in [0, 0.1) is 5.92 Å². The zero-order valence-electron chi connectivity index (χ0n) is 7.99. The lowest BCUT2D eigenvalue weighted by atomic mass is 10.1. The van der Waals surface area contributed by atoms with E-state index >= 15 is 0 Å². The summed E-state index contributed by atoms with van der Waals surface area (Å²) in [7, 11) is 0. The van der Waals surface area contributed by atoms with Crippen molar-refractivity contribution in [1.82, 2.24) is 0 Å². The summed E-state index contributed by atoms with van der Waals surface area (Å²) in [6.45, 7) is 2.35. The van der Waals surface area contributed by atoms with Crippen LogP contribution in [0.5, 0.6) is 0 Å². The van der Waals surface area contributed by atoms with Crippen LogP contribution in [0.4, 0.5) is 5.69 Å². The zero-order valence-corrected chi connectivity index (χ0v) is 9.57. The van der Waals surface area contributed by atoms with Crippen molar-refractivity contribution in [1.29, 1.82) is 0 Å². The molecule has 1 N–H and O–H groups in total. The van der Waals surface area contributed by atoms with E-state index in [1.54, 1.807) is 0 Å². The van der Waals surface area contributed by atoms with Gasteiger partial charge in [0.15, 0.2) is 0 Å². The van der Waals surface area contributed by atoms with E-state index in [2.05, 4.69) is 33.0 Å². The minimum atomic E-state index is 0.310. The molecule has 1 aromatic rings. The van der Waals surface area contributed by atoms with Gasteiger partial charge in [-0.2, -0.15) is 0 Å². The van der Waals surface area contributed by atoms with Gasteiger partial charge in [-0.3, -0.25) is 0 Å². The molecule has 0 aliphatic carbocycles. The molecule has 2 nitrogen and oxygen atoms in total. The second-order valence-corrected chi connectivity index (χ2v) is 4.68. The third-order valence-electron chi connectivity index (χ3n) is 2.72. The second-order valence-electron chi connectivity index (χ2n) is 3.76. The second kappa shape index (κ2) is 4.32. The third-order valence-corrected chi connectivity index (χ3v) is 3.21. The maximum atomic E-state index is 9.05. The summed E-state index contributed by atoms with van der Waals surface area (Å²) >= 11 is 3.47. The van der Waals surface area contributed by atoms with Crippen molar-refractivity contribution in [3.8, 4) is 0 Å². The van der Waals surface area contributed by atoms with Crippen LogP contribution < -0.4 is 4.90 Å². The fourth-order valence-corrected chi connectivity index (χ4v) is 2.28. The molecule has 1 aliphatic heterocycles. The number of anilines is 1. The van der Waals surface area contributed by atoms with Crippen molar-refractivity contribution in [3.63, 3.8) is 0 Å². The van der Waals surface area contributed by atoms with E-state index in [0.29, 0.717) is 12.5 Å². The third kappa shape index (κ3) is 2.10. The van der Waals surface area contributed by atoms with Gasteiger partial charge in [-0.1, -0.05) is 22.0 Å². The van der Waals surface area contributed by atoms with E-state index in [9.17, 15) is 0 Å². The first-order valence-electron chi connectivity index (χ1n) is 4.91. The number of hydrogen-bond donors (Lipinski definition) is 1. The molecule has 0 spiro atoms. The van der Waals surface area contributed by atoms with Gasteiger partial charge in [0.1, 0.15) is 0 Å². The molecular formula is C11H14BrNO. The zero-order chi connectivity index (χ0) is 9.97. The lowest BCUT2D eigenvalue weighted by Gasteiger charge is -2.18. The predicted octanol–water partition coefficient (Wildman–Crippen LogP) is 2.27. The number of nitrogens with zero attached hydrogens (tertiary/aromatic N) is 1. The molecule has 76 valence electrons. The average molecular weight is 256 g/mol. The smallest absolute Gasteiger partial charge is 0.0476 e. The number of halogens is 1. The molecule has 2 rings (SSSR count). The fraction of sp³-hybridized carbons (Fsp3) is 0.455. The molecule has 3 heteroatoms. The quantitative estimate of drug-likeness (QED) is 0.877. The highest BCUT2D eigenvalue weighted by Crippen LogP contribution is 2.25. The van der Waals surface area contributed by atoms with E-state index in [4.69, 9.17) is 5.11 Å². The number of hydrogen-bond acceptors (Lipinski definition) is 2. The molecule has 1 aliphatic rings. The van der Waals surface area contributed by atoms with Gasteiger partial charge in [-0.05, 0) is 24.6 Å². The highest BCUT2D eigenvalue weighted by Gasteiger charge is 2.21. The Morgan fingerprint density at radius 1 is 1.50 bits per heavy atom. The topological polar surface area (TPSA) is 23.5 Å². The first-order valence-corrected chi connectivity index (χ1v) is 5.70. The van der Waals surface area contributed by atoms with Gasteiger partial charge in [0.05, 0.1) is 0 Å². The molecule has 1 saturated heterocycles. The molecular weight excluding hydrogens is 242 g/mol. The van der Waals surface area contributed by atoms with Crippen molar-refractivity contribution in [2.24, 2.45) is 5.92 Å². The maximum Gasteiger partial charge on any atom is 0.0476 e. The van der Waals surface area contributed by atoms with Crippen molar-refractivity contribution in [2.45, 2.75) is 6.42 Å². The Hall–Kier alpha value is -0.540. The highest BCUT2D eigenvalue weighted by molar-refractivity contribution is 9.10.